The second-order valence-electron chi connectivity index (χ2n) is 4.23. The third-order valence-corrected chi connectivity index (χ3v) is 2.57. The summed E-state index contributed by atoms with van der Waals surface area (Å²) in [5, 5.41) is 0. The molecule has 0 aliphatic carbocycles. The Hall–Kier alpha value is -1.52. The van der Waals surface area contributed by atoms with Crippen LogP contribution in [0, 0.1) is 0 Å². The molecule has 18 heavy (non-hydrogen) atoms. The molecule has 1 amide bonds. The van der Waals surface area contributed by atoms with Gasteiger partial charge in [0.2, 0.25) is 0 Å². The Kier molecular flexibility index (Phi) is 4.76. The quantitative estimate of drug-likeness (QED) is 0.813. The summed E-state index contributed by atoms with van der Waals surface area (Å²) in [6.45, 7) is 2.02. The second kappa shape index (κ2) is 5.89. The van der Waals surface area contributed by atoms with E-state index in [1.54, 1.807) is 12.1 Å². The van der Waals surface area contributed by atoms with Crippen molar-refractivity contribution in [3.05, 3.63) is 35.4 Å². The van der Waals surface area contributed by atoms with E-state index in [1.165, 1.54) is 0 Å². The molecule has 0 aliphatic heterocycles. The molecule has 0 N–H and O–H groups in total. The van der Waals surface area contributed by atoms with Gasteiger partial charge in [-0.3, -0.25) is 4.79 Å². The van der Waals surface area contributed by atoms with E-state index in [4.69, 9.17) is 0 Å². The number of hydrogen-bond acceptors (Lipinski definition) is 1. The lowest BCUT2D eigenvalue weighted by atomic mass is 10.1. The highest BCUT2D eigenvalue weighted by molar-refractivity contribution is 5.81. The van der Waals surface area contributed by atoms with Crippen LogP contribution in [0.5, 0.6) is 0 Å². The fraction of sp³-hybridized carbons (Fsp3) is 0.462. The lowest BCUT2D eigenvalue weighted by molar-refractivity contribution is -0.184. The summed E-state index contributed by atoms with van der Waals surface area (Å²) >= 11 is 0. The zero-order valence-electron chi connectivity index (χ0n) is 10.4. The Labute approximate surface area is 104 Å². The molecule has 1 aromatic rings. The number of benzene rings is 1. The highest BCUT2D eigenvalue weighted by Gasteiger charge is 2.41. The van der Waals surface area contributed by atoms with Gasteiger partial charge in [-0.1, -0.05) is 37.6 Å². The van der Waals surface area contributed by atoms with Crippen molar-refractivity contribution in [3.8, 4) is 0 Å². The van der Waals surface area contributed by atoms with Crippen LogP contribution < -0.4 is 0 Å². The zero-order valence-corrected chi connectivity index (χ0v) is 10.4. The summed E-state index contributed by atoms with van der Waals surface area (Å²) < 4.78 is 36.5. The first kappa shape index (κ1) is 14.5. The Morgan fingerprint density at radius 2 is 1.67 bits per heavy atom. The van der Waals surface area contributed by atoms with Gasteiger partial charge in [-0.25, -0.2) is 0 Å². The van der Waals surface area contributed by atoms with E-state index in [0.717, 1.165) is 25.5 Å². The number of amides is 1. The second-order valence-corrected chi connectivity index (χ2v) is 4.23. The molecular formula is C13H16F3NO. The van der Waals surface area contributed by atoms with Crippen molar-refractivity contribution < 1.29 is 18.0 Å². The molecule has 0 saturated heterocycles. The van der Waals surface area contributed by atoms with Gasteiger partial charge in [0.15, 0.2) is 0 Å². The van der Waals surface area contributed by atoms with Crippen LogP contribution in [-0.4, -0.2) is 24.0 Å². The highest BCUT2D eigenvalue weighted by Crippen LogP contribution is 2.19. The van der Waals surface area contributed by atoms with Gasteiger partial charge in [0.05, 0.1) is 0 Å². The molecule has 1 rings (SSSR count). The maximum absolute atomic E-state index is 12.2. The molecule has 0 unspecified atom stereocenters. The van der Waals surface area contributed by atoms with Crippen molar-refractivity contribution in [1.29, 1.82) is 0 Å². The summed E-state index contributed by atoms with van der Waals surface area (Å²) in [5.41, 5.74) is 1.83. The van der Waals surface area contributed by atoms with Crippen LogP contribution in [-0.2, 0) is 17.8 Å². The molecule has 0 bridgehead atoms. The zero-order chi connectivity index (χ0) is 13.8. The van der Waals surface area contributed by atoms with Crippen LogP contribution in [0.15, 0.2) is 24.3 Å². The predicted molar refractivity (Wildman–Crippen MR) is 63.0 cm³/mol. The Morgan fingerprint density at radius 1 is 1.17 bits per heavy atom. The molecule has 0 heterocycles. The number of carbonyl (C=O) groups is 1. The van der Waals surface area contributed by atoms with Crippen LogP contribution in [0.3, 0.4) is 0 Å². The minimum atomic E-state index is -4.81. The van der Waals surface area contributed by atoms with Gasteiger partial charge in [-0.15, -0.1) is 0 Å². The van der Waals surface area contributed by atoms with Gasteiger partial charge in [0.1, 0.15) is 0 Å². The van der Waals surface area contributed by atoms with E-state index < -0.39 is 12.1 Å². The topological polar surface area (TPSA) is 20.3 Å². The van der Waals surface area contributed by atoms with Crippen LogP contribution in [0.25, 0.3) is 0 Å². The molecule has 1 aromatic carbocycles. The summed E-state index contributed by atoms with van der Waals surface area (Å²) in [6.07, 6.45) is -2.85. The lowest BCUT2D eigenvalue weighted by Crippen LogP contribution is -2.37. The van der Waals surface area contributed by atoms with E-state index >= 15 is 0 Å². The van der Waals surface area contributed by atoms with Crippen molar-refractivity contribution >= 4 is 5.91 Å². The molecular weight excluding hydrogens is 243 g/mol. The van der Waals surface area contributed by atoms with Crippen molar-refractivity contribution in [1.82, 2.24) is 4.90 Å². The van der Waals surface area contributed by atoms with E-state index in [2.05, 4.69) is 6.92 Å². The first-order chi connectivity index (χ1) is 8.34. The SMILES string of the molecule is CCCc1ccc(CN(C)C(=O)C(F)(F)F)cc1. The fourth-order valence-corrected chi connectivity index (χ4v) is 1.66. The van der Waals surface area contributed by atoms with E-state index in [9.17, 15) is 18.0 Å². The summed E-state index contributed by atoms with van der Waals surface area (Å²) in [6, 6.07) is 7.27. The maximum Gasteiger partial charge on any atom is 0.471 e. The fourth-order valence-electron chi connectivity index (χ4n) is 1.66. The number of carbonyl (C=O) groups excluding carboxylic acids is 1. The Bertz CT molecular complexity index is 398. The first-order valence-electron chi connectivity index (χ1n) is 5.74. The smallest absolute Gasteiger partial charge is 0.334 e. The van der Waals surface area contributed by atoms with E-state index in [1.807, 2.05) is 12.1 Å². The number of nitrogens with zero attached hydrogens (tertiary/aromatic N) is 1. The molecule has 100 valence electrons. The number of halogens is 3. The Morgan fingerprint density at radius 3 is 2.11 bits per heavy atom. The van der Waals surface area contributed by atoms with Crippen molar-refractivity contribution in [2.75, 3.05) is 7.05 Å². The standard InChI is InChI=1S/C13H16F3NO/c1-3-4-10-5-7-11(8-6-10)9-17(2)12(18)13(14,15)16/h5-8H,3-4,9H2,1-2H3. The third-order valence-electron chi connectivity index (χ3n) is 2.57. The molecule has 2 nitrogen and oxygen atoms in total. The van der Waals surface area contributed by atoms with Gasteiger partial charge in [-0.05, 0) is 17.5 Å². The van der Waals surface area contributed by atoms with Gasteiger partial charge in [0, 0.05) is 13.6 Å². The van der Waals surface area contributed by atoms with Crippen molar-refractivity contribution in [2.45, 2.75) is 32.5 Å². The third kappa shape index (κ3) is 4.05. The summed E-state index contributed by atoms with van der Waals surface area (Å²) in [7, 11) is 1.15. The Balaban J connectivity index is 2.65. The van der Waals surface area contributed by atoms with E-state index in [-0.39, 0.29) is 6.54 Å². The van der Waals surface area contributed by atoms with E-state index in [0.29, 0.717) is 10.5 Å². The first-order valence-corrected chi connectivity index (χ1v) is 5.74. The molecule has 0 atom stereocenters. The van der Waals surface area contributed by atoms with Gasteiger partial charge in [-0.2, -0.15) is 13.2 Å². The molecule has 0 spiro atoms. The highest BCUT2D eigenvalue weighted by atomic mass is 19.4. The molecule has 0 aromatic heterocycles. The number of aryl methyl sites for hydroxylation is 1. The molecule has 0 aliphatic rings. The summed E-state index contributed by atoms with van der Waals surface area (Å²) in [4.78, 5) is 11.6. The van der Waals surface area contributed by atoms with Crippen LogP contribution in [0.2, 0.25) is 0 Å². The van der Waals surface area contributed by atoms with Crippen molar-refractivity contribution in [2.24, 2.45) is 0 Å². The number of alkyl halides is 3. The van der Waals surface area contributed by atoms with Crippen molar-refractivity contribution in [3.63, 3.8) is 0 Å². The average molecular weight is 259 g/mol. The van der Waals surface area contributed by atoms with Gasteiger partial charge >= 0.3 is 12.1 Å². The normalized spacial score (nSPS) is 11.4. The van der Waals surface area contributed by atoms with Crippen LogP contribution >= 0.6 is 0 Å². The lowest BCUT2D eigenvalue weighted by Gasteiger charge is -2.18. The van der Waals surface area contributed by atoms with Crippen LogP contribution in [0.1, 0.15) is 24.5 Å². The number of rotatable bonds is 4. The van der Waals surface area contributed by atoms with Gasteiger partial charge < -0.3 is 4.90 Å². The molecule has 5 heteroatoms. The predicted octanol–water partition coefficient (Wildman–Crippen LogP) is 3.16. The molecule has 0 fully saturated rings. The van der Waals surface area contributed by atoms with Gasteiger partial charge in [0.25, 0.3) is 0 Å². The molecule has 0 saturated carbocycles. The number of hydrogen-bond donors (Lipinski definition) is 0. The minimum Gasteiger partial charge on any atom is -0.334 e. The van der Waals surface area contributed by atoms with Crippen LogP contribution in [0.4, 0.5) is 13.2 Å². The largest absolute Gasteiger partial charge is 0.471 e. The maximum atomic E-state index is 12.2. The summed E-state index contributed by atoms with van der Waals surface area (Å²) in [5.74, 6) is -1.82. The minimum absolute atomic E-state index is 0.0370. The average Bonchev–Trinajstić information content (AvgIpc) is 2.30. The monoisotopic (exact) mass is 259 g/mol. The molecule has 0 radical (unpaired) electrons.